The molecule has 0 heterocycles. The Balaban J connectivity index is 1.78. The lowest BCUT2D eigenvalue weighted by Gasteiger charge is -2.08. The fourth-order valence-corrected chi connectivity index (χ4v) is 2.56. The highest BCUT2D eigenvalue weighted by molar-refractivity contribution is 6.35. The molecule has 0 saturated carbocycles. The fraction of sp³-hybridized carbons (Fsp3) is 0.235. The van der Waals surface area contributed by atoms with Gasteiger partial charge >= 0.3 is 6.61 Å². The number of benzene rings is 2. The number of rotatable bonds is 7. The van der Waals surface area contributed by atoms with Crippen LogP contribution in [0.2, 0.25) is 10.0 Å². The Bertz CT molecular complexity index is 693. The monoisotopic (exact) mass is 373 g/mol. The van der Waals surface area contributed by atoms with E-state index in [0.29, 0.717) is 28.6 Å². The Hall–Kier alpha value is -1.85. The van der Waals surface area contributed by atoms with Crippen molar-refractivity contribution in [2.45, 2.75) is 19.5 Å². The van der Waals surface area contributed by atoms with Crippen LogP contribution >= 0.6 is 23.2 Å². The van der Waals surface area contributed by atoms with Crippen LogP contribution < -0.4 is 10.1 Å². The minimum absolute atomic E-state index is 0.107. The largest absolute Gasteiger partial charge is 0.435 e. The van der Waals surface area contributed by atoms with Gasteiger partial charge in [-0.1, -0.05) is 41.4 Å². The summed E-state index contributed by atoms with van der Waals surface area (Å²) in [5.41, 5.74) is 1.61. The standard InChI is InChI=1S/C17H15Cl2F2NO2/c18-13-4-3-12(15(19)10-13)9-16(23)22-8-7-11-1-5-14(6-2-11)24-17(20)21/h1-6,10,17H,7-9H2,(H,22,23). The molecule has 1 amide bonds. The van der Waals surface area contributed by atoms with Gasteiger partial charge in [0.05, 0.1) is 6.42 Å². The highest BCUT2D eigenvalue weighted by Gasteiger charge is 2.08. The molecular weight excluding hydrogens is 359 g/mol. The van der Waals surface area contributed by atoms with Crippen LogP contribution in [0.1, 0.15) is 11.1 Å². The number of alkyl halides is 2. The Morgan fingerprint density at radius 2 is 1.83 bits per heavy atom. The summed E-state index contributed by atoms with van der Waals surface area (Å²) >= 11 is 11.8. The molecular formula is C17H15Cl2F2NO2. The molecule has 2 aromatic carbocycles. The van der Waals surface area contributed by atoms with Crippen molar-refractivity contribution >= 4 is 29.1 Å². The zero-order valence-electron chi connectivity index (χ0n) is 12.6. The molecule has 3 nitrogen and oxygen atoms in total. The number of ether oxygens (including phenoxy) is 1. The van der Waals surface area contributed by atoms with Gasteiger partial charge in [0.1, 0.15) is 5.75 Å². The van der Waals surface area contributed by atoms with Gasteiger partial charge in [-0.2, -0.15) is 8.78 Å². The topological polar surface area (TPSA) is 38.3 Å². The molecule has 7 heteroatoms. The normalized spacial score (nSPS) is 10.7. The summed E-state index contributed by atoms with van der Waals surface area (Å²) in [6, 6.07) is 11.3. The van der Waals surface area contributed by atoms with Gasteiger partial charge in [-0.3, -0.25) is 4.79 Å². The first kappa shape index (κ1) is 18.5. The molecule has 2 aromatic rings. The molecule has 0 unspecified atom stereocenters. The van der Waals surface area contributed by atoms with E-state index in [2.05, 4.69) is 10.1 Å². The lowest BCUT2D eigenvalue weighted by molar-refractivity contribution is -0.120. The number of amides is 1. The minimum atomic E-state index is -2.84. The molecule has 0 aromatic heterocycles. The quantitative estimate of drug-likeness (QED) is 0.775. The van der Waals surface area contributed by atoms with Crippen LogP contribution in [0.15, 0.2) is 42.5 Å². The third kappa shape index (κ3) is 5.98. The van der Waals surface area contributed by atoms with E-state index in [-0.39, 0.29) is 18.1 Å². The van der Waals surface area contributed by atoms with E-state index in [0.717, 1.165) is 5.56 Å². The Labute approximate surface area is 148 Å². The lowest BCUT2D eigenvalue weighted by atomic mass is 10.1. The van der Waals surface area contributed by atoms with E-state index >= 15 is 0 Å². The van der Waals surface area contributed by atoms with Gasteiger partial charge in [0, 0.05) is 16.6 Å². The number of nitrogens with one attached hydrogen (secondary N) is 1. The van der Waals surface area contributed by atoms with Crippen LogP contribution in [0.25, 0.3) is 0 Å². The molecule has 0 fully saturated rings. The van der Waals surface area contributed by atoms with Gasteiger partial charge in [-0.15, -0.1) is 0 Å². The van der Waals surface area contributed by atoms with Crippen LogP contribution in [-0.2, 0) is 17.6 Å². The van der Waals surface area contributed by atoms with Crippen molar-refractivity contribution in [3.8, 4) is 5.75 Å². The van der Waals surface area contributed by atoms with Crippen LogP contribution in [0.3, 0.4) is 0 Å². The number of carbonyl (C=O) groups is 1. The minimum Gasteiger partial charge on any atom is -0.435 e. The summed E-state index contributed by atoms with van der Waals surface area (Å²) in [7, 11) is 0. The molecule has 0 aliphatic heterocycles. The molecule has 24 heavy (non-hydrogen) atoms. The third-order valence-corrected chi connectivity index (χ3v) is 3.84. The van der Waals surface area contributed by atoms with Gasteiger partial charge in [0.15, 0.2) is 0 Å². The molecule has 0 aliphatic rings. The maximum Gasteiger partial charge on any atom is 0.387 e. The van der Waals surface area contributed by atoms with Crippen molar-refractivity contribution in [1.29, 1.82) is 0 Å². The maximum atomic E-state index is 12.1. The van der Waals surface area contributed by atoms with Crippen molar-refractivity contribution in [2.75, 3.05) is 6.54 Å². The molecule has 0 bridgehead atoms. The number of carbonyl (C=O) groups excluding carboxylic acids is 1. The van der Waals surface area contributed by atoms with E-state index < -0.39 is 6.61 Å². The summed E-state index contributed by atoms with van der Waals surface area (Å²) < 4.78 is 28.4. The van der Waals surface area contributed by atoms with E-state index in [1.807, 2.05) is 0 Å². The van der Waals surface area contributed by atoms with Crippen LogP contribution in [-0.4, -0.2) is 19.1 Å². The van der Waals surface area contributed by atoms with Crippen LogP contribution in [0.5, 0.6) is 5.75 Å². The zero-order chi connectivity index (χ0) is 17.5. The van der Waals surface area contributed by atoms with Gasteiger partial charge in [-0.05, 0) is 41.8 Å². The highest BCUT2D eigenvalue weighted by Crippen LogP contribution is 2.21. The van der Waals surface area contributed by atoms with Gasteiger partial charge in [0.25, 0.3) is 0 Å². The second-order valence-corrected chi connectivity index (χ2v) is 5.88. The van der Waals surface area contributed by atoms with E-state index in [4.69, 9.17) is 23.2 Å². The number of hydrogen-bond donors (Lipinski definition) is 1. The summed E-state index contributed by atoms with van der Waals surface area (Å²) in [5, 5.41) is 3.75. The van der Waals surface area contributed by atoms with Crippen LogP contribution in [0.4, 0.5) is 8.78 Å². The van der Waals surface area contributed by atoms with Gasteiger partial charge in [-0.25, -0.2) is 0 Å². The first-order valence-corrected chi connectivity index (χ1v) is 7.94. The second-order valence-electron chi connectivity index (χ2n) is 5.03. The van der Waals surface area contributed by atoms with Gasteiger partial charge < -0.3 is 10.1 Å². The summed E-state index contributed by atoms with van der Waals surface area (Å²) in [6.07, 6.45) is 0.742. The van der Waals surface area contributed by atoms with Crippen molar-refractivity contribution in [2.24, 2.45) is 0 Å². The smallest absolute Gasteiger partial charge is 0.387 e. The van der Waals surface area contributed by atoms with Crippen molar-refractivity contribution in [3.05, 3.63) is 63.6 Å². The van der Waals surface area contributed by atoms with Gasteiger partial charge in [0.2, 0.25) is 5.91 Å². The van der Waals surface area contributed by atoms with Crippen molar-refractivity contribution in [3.63, 3.8) is 0 Å². The van der Waals surface area contributed by atoms with Crippen molar-refractivity contribution in [1.82, 2.24) is 5.32 Å². The average Bonchev–Trinajstić information content (AvgIpc) is 2.51. The molecule has 0 saturated heterocycles. The molecule has 0 atom stereocenters. The third-order valence-electron chi connectivity index (χ3n) is 3.25. The Morgan fingerprint density at radius 1 is 1.12 bits per heavy atom. The summed E-state index contributed by atoms with van der Waals surface area (Å²) in [6.45, 7) is -2.41. The van der Waals surface area contributed by atoms with E-state index in [1.54, 1.807) is 30.3 Å². The summed E-state index contributed by atoms with van der Waals surface area (Å²) in [5.74, 6) is -0.0490. The lowest BCUT2D eigenvalue weighted by Crippen LogP contribution is -2.27. The van der Waals surface area contributed by atoms with E-state index in [9.17, 15) is 13.6 Å². The molecule has 1 N–H and O–H groups in total. The first-order chi connectivity index (χ1) is 11.4. The predicted molar refractivity (Wildman–Crippen MR) is 90.0 cm³/mol. The fourth-order valence-electron chi connectivity index (χ4n) is 2.08. The molecule has 2 rings (SSSR count). The number of halogens is 4. The molecule has 0 aliphatic carbocycles. The van der Waals surface area contributed by atoms with Crippen molar-refractivity contribution < 1.29 is 18.3 Å². The molecule has 128 valence electrons. The Kier molecular flexibility index (Phi) is 6.82. The molecule has 0 radical (unpaired) electrons. The highest BCUT2D eigenvalue weighted by atomic mass is 35.5. The Morgan fingerprint density at radius 3 is 2.46 bits per heavy atom. The maximum absolute atomic E-state index is 12.1. The van der Waals surface area contributed by atoms with Crippen LogP contribution in [0, 0.1) is 0 Å². The average molecular weight is 374 g/mol. The first-order valence-electron chi connectivity index (χ1n) is 7.18. The SMILES string of the molecule is O=C(Cc1ccc(Cl)cc1Cl)NCCc1ccc(OC(F)F)cc1. The zero-order valence-corrected chi connectivity index (χ0v) is 14.1. The number of hydrogen-bond acceptors (Lipinski definition) is 2. The predicted octanol–water partition coefficient (Wildman–Crippen LogP) is 4.50. The molecule has 0 spiro atoms. The second kappa shape index (κ2) is 8.85. The van der Waals surface area contributed by atoms with E-state index in [1.165, 1.54) is 12.1 Å². The summed E-state index contributed by atoms with van der Waals surface area (Å²) in [4.78, 5) is 11.9.